The van der Waals surface area contributed by atoms with E-state index >= 15 is 0 Å². The van der Waals surface area contributed by atoms with Gasteiger partial charge in [0.1, 0.15) is 0 Å². The van der Waals surface area contributed by atoms with E-state index in [1.807, 2.05) is 11.7 Å². The number of aromatic nitrogens is 1. The summed E-state index contributed by atoms with van der Waals surface area (Å²) in [6.45, 7) is 4.53. The summed E-state index contributed by atoms with van der Waals surface area (Å²) in [4.78, 5) is 5.45. The van der Waals surface area contributed by atoms with Crippen molar-refractivity contribution < 1.29 is 0 Å². The Morgan fingerprint density at radius 2 is 2.50 bits per heavy atom. The normalized spacial score (nSPS) is 29.3. The fraction of sp³-hybridized carbons (Fsp3) is 0.700. The van der Waals surface area contributed by atoms with E-state index in [1.165, 1.54) is 17.1 Å². The summed E-state index contributed by atoms with van der Waals surface area (Å²) < 4.78 is 0. The summed E-state index contributed by atoms with van der Waals surface area (Å²) >= 11 is 3.80. The zero-order valence-electron chi connectivity index (χ0n) is 8.56. The minimum atomic E-state index is 0.457. The van der Waals surface area contributed by atoms with E-state index in [0.717, 1.165) is 5.25 Å². The highest BCUT2D eigenvalue weighted by molar-refractivity contribution is 8.00. The van der Waals surface area contributed by atoms with Crippen LogP contribution < -0.4 is 5.32 Å². The molecule has 1 aliphatic heterocycles. The zero-order valence-corrected chi connectivity index (χ0v) is 10.2. The largest absolute Gasteiger partial charge is 0.306 e. The average Bonchev–Trinajstić information content (AvgIpc) is 2.75. The molecule has 1 aliphatic rings. The lowest BCUT2D eigenvalue weighted by Crippen LogP contribution is -2.31. The summed E-state index contributed by atoms with van der Waals surface area (Å²) in [6, 6.07) is 1.14. The number of thioether (sulfide) groups is 1. The van der Waals surface area contributed by atoms with Crippen LogP contribution in [0, 0.1) is 0 Å². The molecule has 4 heteroatoms. The fourth-order valence-corrected chi connectivity index (χ4v) is 3.61. The van der Waals surface area contributed by atoms with Crippen molar-refractivity contribution in [3.05, 3.63) is 16.6 Å². The Hall–Kier alpha value is -0.0600. The molecular weight excluding hydrogens is 212 g/mol. The molecule has 0 spiro atoms. The SMILES string of the molecule is CC1CC(NC(C)c2cncs2)CS1. The van der Waals surface area contributed by atoms with Gasteiger partial charge in [0.05, 0.1) is 5.51 Å². The van der Waals surface area contributed by atoms with Gasteiger partial charge in [-0.2, -0.15) is 11.8 Å². The van der Waals surface area contributed by atoms with E-state index in [2.05, 4.69) is 35.9 Å². The highest BCUT2D eigenvalue weighted by Crippen LogP contribution is 2.28. The van der Waals surface area contributed by atoms with Gasteiger partial charge in [-0.05, 0) is 13.3 Å². The van der Waals surface area contributed by atoms with Crippen LogP contribution >= 0.6 is 23.1 Å². The number of nitrogens with one attached hydrogen (secondary N) is 1. The molecule has 0 aromatic carbocycles. The molecule has 14 heavy (non-hydrogen) atoms. The average molecular weight is 228 g/mol. The molecule has 78 valence electrons. The molecule has 0 amide bonds. The number of rotatable bonds is 3. The first kappa shape index (κ1) is 10.5. The Kier molecular flexibility index (Phi) is 3.47. The molecule has 1 aromatic heterocycles. The van der Waals surface area contributed by atoms with Gasteiger partial charge in [-0.3, -0.25) is 4.98 Å². The third kappa shape index (κ3) is 2.49. The fourth-order valence-electron chi connectivity index (χ4n) is 1.81. The monoisotopic (exact) mass is 228 g/mol. The van der Waals surface area contributed by atoms with Crippen LogP contribution in [0.15, 0.2) is 11.7 Å². The first-order valence-electron chi connectivity index (χ1n) is 5.01. The predicted octanol–water partition coefficient (Wildman–Crippen LogP) is 2.69. The van der Waals surface area contributed by atoms with Gasteiger partial charge in [-0.15, -0.1) is 11.3 Å². The molecule has 3 unspecified atom stereocenters. The van der Waals surface area contributed by atoms with Crippen LogP contribution in [-0.2, 0) is 0 Å². The molecule has 1 aromatic rings. The maximum absolute atomic E-state index is 4.11. The smallest absolute Gasteiger partial charge is 0.0794 e. The second kappa shape index (κ2) is 4.64. The van der Waals surface area contributed by atoms with Crippen LogP contribution in [-0.4, -0.2) is 22.0 Å². The number of hydrogen-bond donors (Lipinski definition) is 1. The number of thiazole rings is 1. The van der Waals surface area contributed by atoms with Gasteiger partial charge in [0.15, 0.2) is 0 Å². The van der Waals surface area contributed by atoms with E-state index in [9.17, 15) is 0 Å². The highest BCUT2D eigenvalue weighted by atomic mass is 32.2. The lowest BCUT2D eigenvalue weighted by atomic mass is 10.1. The molecule has 0 saturated carbocycles. The van der Waals surface area contributed by atoms with Crippen LogP contribution in [0.4, 0.5) is 0 Å². The lowest BCUT2D eigenvalue weighted by molar-refractivity contribution is 0.478. The van der Waals surface area contributed by atoms with Crippen LogP contribution in [0.1, 0.15) is 31.2 Å². The second-order valence-electron chi connectivity index (χ2n) is 3.87. The summed E-state index contributed by atoms with van der Waals surface area (Å²) in [5.41, 5.74) is 1.90. The molecule has 0 radical (unpaired) electrons. The Morgan fingerprint density at radius 3 is 3.07 bits per heavy atom. The first-order chi connectivity index (χ1) is 6.75. The minimum absolute atomic E-state index is 0.457. The Morgan fingerprint density at radius 1 is 1.64 bits per heavy atom. The lowest BCUT2D eigenvalue weighted by Gasteiger charge is -2.17. The standard InChI is InChI=1S/C10H16N2S2/c1-7-3-9(5-13-7)12-8(2)10-4-11-6-14-10/h4,6-9,12H,3,5H2,1-2H3. The summed E-state index contributed by atoms with van der Waals surface area (Å²) in [7, 11) is 0. The van der Waals surface area contributed by atoms with Gasteiger partial charge in [-0.25, -0.2) is 0 Å². The van der Waals surface area contributed by atoms with Gasteiger partial charge >= 0.3 is 0 Å². The van der Waals surface area contributed by atoms with Gasteiger partial charge in [-0.1, -0.05) is 6.92 Å². The van der Waals surface area contributed by atoms with Crippen molar-refractivity contribution in [2.24, 2.45) is 0 Å². The second-order valence-corrected chi connectivity index (χ2v) is 6.26. The first-order valence-corrected chi connectivity index (χ1v) is 6.94. The third-order valence-electron chi connectivity index (χ3n) is 2.56. The van der Waals surface area contributed by atoms with Crippen LogP contribution in [0.2, 0.25) is 0 Å². The van der Waals surface area contributed by atoms with E-state index < -0.39 is 0 Å². The maximum Gasteiger partial charge on any atom is 0.0794 e. The van der Waals surface area contributed by atoms with E-state index in [4.69, 9.17) is 0 Å². The molecule has 3 atom stereocenters. The summed E-state index contributed by atoms with van der Waals surface area (Å²) in [5.74, 6) is 1.25. The van der Waals surface area contributed by atoms with Gasteiger partial charge in [0.25, 0.3) is 0 Å². The van der Waals surface area contributed by atoms with E-state index in [0.29, 0.717) is 12.1 Å². The van der Waals surface area contributed by atoms with Crippen LogP contribution in [0.5, 0.6) is 0 Å². The predicted molar refractivity (Wildman–Crippen MR) is 64.0 cm³/mol. The molecule has 2 rings (SSSR count). The number of nitrogens with zero attached hydrogens (tertiary/aromatic N) is 1. The van der Waals surface area contributed by atoms with E-state index in [-0.39, 0.29) is 0 Å². The van der Waals surface area contributed by atoms with Crippen molar-refractivity contribution in [3.8, 4) is 0 Å². The Labute approximate surface area is 93.5 Å². The molecule has 0 bridgehead atoms. The van der Waals surface area contributed by atoms with Gasteiger partial charge in [0, 0.05) is 34.2 Å². The van der Waals surface area contributed by atoms with Crippen LogP contribution in [0.3, 0.4) is 0 Å². The molecule has 0 aliphatic carbocycles. The maximum atomic E-state index is 4.11. The minimum Gasteiger partial charge on any atom is -0.306 e. The zero-order chi connectivity index (χ0) is 9.97. The van der Waals surface area contributed by atoms with Gasteiger partial charge in [0.2, 0.25) is 0 Å². The Bertz CT molecular complexity index is 274. The van der Waals surface area contributed by atoms with Crippen molar-refractivity contribution in [2.75, 3.05) is 5.75 Å². The molecule has 1 saturated heterocycles. The van der Waals surface area contributed by atoms with Crippen LogP contribution in [0.25, 0.3) is 0 Å². The molecule has 1 fully saturated rings. The molecule has 1 N–H and O–H groups in total. The molecular formula is C10H16N2S2. The van der Waals surface area contributed by atoms with Crippen molar-refractivity contribution in [2.45, 2.75) is 37.6 Å². The summed E-state index contributed by atoms with van der Waals surface area (Å²) in [5, 5.41) is 4.48. The van der Waals surface area contributed by atoms with Crippen molar-refractivity contribution in [1.29, 1.82) is 0 Å². The Balaban J connectivity index is 1.86. The van der Waals surface area contributed by atoms with Crippen molar-refractivity contribution >= 4 is 23.1 Å². The van der Waals surface area contributed by atoms with E-state index in [1.54, 1.807) is 11.3 Å². The topological polar surface area (TPSA) is 24.9 Å². The van der Waals surface area contributed by atoms with Crippen molar-refractivity contribution in [1.82, 2.24) is 10.3 Å². The summed E-state index contributed by atoms with van der Waals surface area (Å²) in [6.07, 6.45) is 3.27. The third-order valence-corrected chi connectivity index (χ3v) is 4.88. The quantitative estimate of drug-likeness (QED) is 0.861. The van der Waals surface area contributed by atoms with Gasteiger partial charge < -0.3 is 5.32 Å². The number of hydrogen-bond acceptors (Lipinski definition) is 4. The molecule has 2 nitrogen and oxygen atoms in total. The molecule has 2 heterocycles. The van der Waals surface area contributed by atoms with Crippen molar-refractivity contribution in [3.63, 3.8) is 0 Å². The highest BCUT2D eigenvalue weighted by Gasteiger charge is 2.23.